The summed E-state index contributed by atoms with van der Waals surface area (Å²) in [4.78, 5) is 14.5. The van der Waals surface area contributed by atoms with Crippen LogP contribution in [0.2, 0.25) is 0 Å². The molecule has 0 bridgehead atoms. The van der Waals surface area contributed by atoms with Gasteiger partial charge >= 0.3 is 0 Å². The van der Waals surface area contributed by atoms with Gasteiger partial charge in [-0.3, -0.25) is 9.48 Å². The lowest BCUT2D eigenvalue weighted by Crippen LogP contribution is -2.59. The molecule has 0 saturated carbocycles. The molecule has 4 rings (SSSR count). The van der Waals surface area contributed by atoms with Crippen LogP contribution in [0.5, 0.6) is 0 Å². The average molecular weight is 440 g/mol. The van der Waals surface area contributed by atoms with Crippen LogP contribution in [0.3, 0.4) is 0 Å². The smallest absolute Gasteiger partial charge is 0.223 e. The third-order valence-electron chi connectivity index (χ3n) is 5.34. The Morgan fingerprint density at radius 3 is 2.85 bits per heavy atom. The van der Waals surface area contributed by atoms with Gasteiger partial charge in [-0.05, 0) is 19.0 Å². The normalized spacial score (nSPS) is 26.1. The summed E-state index contributed by atoms with van der Waals surface area (Å²) in [6.45, 7) is 3.98. The first kappa shape index (κ1) is 22.4. The molecule has 1 aromatic heterocycles. The highest BCUT2D eigenvalue weighted by Gasteiger charge is 2.44. The van der Waals surface area contributed by atoms with Crippen LogP contribution in [-0.4, -0.2) is 72.2 Å². The Balaban J connectivity index is 0.00000131. The predicted octanol–water partition coefficient (Wildman–Crippen LogP) is -0.250. The summed E-state index contributed by atoms with van der Waals surface area (Å²) in [6, 6.07) is 1.75. The number of amides is 1. The molecule has 2 atom stereocenters. The van der Waals surface area contributed by atoms with E-state index in [1.54, 1.807) is 4.90 Å². The van der Waals surface area contributed by atoms with E-state index >= 15 is 0 Å². The molecule has 4 heterocycles. The van der Waals surface area contributed by atoms with Crippen molar-refractivity contribution in [2.45, 2.75) is 44.4 Å². The number of sulfone groups is 1. The first-order valence-corrected chi connectivity index (χ1v) is 10.8. The van der Waals surface area contributed by atoms with Crippen LogP contribution in [0.1, 0.15) is 24.2 Å². The van der Waals surface area contributed by atoms with Gasteiger partial charge in [0.15, 0.2) is 9.84 Å². The average Bonchev–Trinajstić information content (AvgIpc) is 3.03. The van der Waals surface area contributed by atoms with Crippen molar-refractivity contribution in [1.82, 2.24) is 25.3 Å². The van der Waals surface area contributed by atoms with Gasteiger partial charge in [-0.15, -0.1) is 24.8 Å². The number of aryl methyl sites for hydroxylation is 2. The molecule has 2 N–H and O–H groups in total. The zero-order valence-corrected chi connectivity index (χ0v) is 17.5. The zero-order valence-electron chi connectivity index (χ0n) is 15.1. The maximum absolute atomic E-state index is 12.7. The summed E-state index contributed by atoms with van der Waals surface area (Å²) in [5.41, 5.74) is 2.11. The monoisotopic (exact) mass is 439 g/mol. The molecule has 3 aliphatic rings. The predicted molar refractivity (Wildman–Crippen MR) is 107 cm³/mol. The second-order valence-electron chi connectivity index (χ2n) is 7.17. The molecule has 154 valence electrons. The van der Waals surface area contributed by atoms with Gasteiger partial charge in [-0.2, -0.15) is 5.10 Å². The number of nitrogens with zero attached hydrogens (tertiary/aromatic N) is 3. The first-order chi connectivity index (χ1) is 12.0. The topological polar surface area (TPSA) is 96.3 Å². The highest BCUT2D eigenvalue weighted by molar-refractivity contribution is 7.91. The Hall–Kier alpha value is -0.870. The molecule has 1 aromatic rings. The number of halogens is 2. The second kappa shape index (κ2) is 9.09. The number of carbonyl (C=O) groups excluding carboxylic acids is 1. The van der Waals surface area contributed by atoms with Crippen molar-refractivity contribution in [1.29, 1.82) is 0 Å². The maximum atomic E-state index is 12.7. The van der Waals surface area contributed by atoms with Crippen LogP contribution in [0.15, 0.2) is 6.07 Å². The molecular formula is C16H27Cl2N5O3S. The fourth-order valence-corrected chi connectivity index (χ4v) is 6.05. The van der Waals surface area contributed by atoms with E-state index in [-0.39, 0.29) is 54.3 Å². The van der Waals surface area contributed by atoms with Crippen LogP contribution >= 0.6 is 24.8 Å². The minimum atomic E-state index is -3.05. The van der Waals surface area contributed by atoms with E-state index in [1.165, 1.54) is 5.69 Å². The number of carbonyl (C=O) groups is 1. The van der Waals surface area contributed by atoms with Crippen molar-refractivity contribution in [2.75, 3.05) is 31.1 Å². The molecule has 3 aliphatic heterocycles. The summed E-state index contributed by atoms with van der Waals surface area (Å²) < 4.78 is 25.8. The first-order valence-electron chi connectivity index (χ1n) is 9.01. The quantitative estimate of drug-likeness (QED) is 0.673. The highest BCUT2D eigenvalue weighted by Crippen LogP contribution is 2.22. The summed E-state index contributed by atoms with van der Waals surface area (Å²) in [7, 11) is -3.05. The van der Waals surface area contributed by atoms with Crippen molar-refractivity contribution in [3.63, 3.8) is 0 Å². The molecule has 0 aromatic carbocycles. The fraction of sp³-hybridized carbons (Fsp3) is 0.750. The van der Waals surface area contributed by atoms with Crippen molar-refractivity contribution in [3.05, 3.63) is 17.5 Å². The molecule has 2 fully saturated rings. The van der Waals surface area contributed by atoms with E-state index in [9.17, 15) is 13.2 Å². The van der Waals surface area contributed by atoms with Crippen LogP contribution in [-0.2, 0) is 34.1 Å². The molecular weight excluding hydrogens is 413 g/mol. The molecule has 0 aliphatic carbocycles. The van der Waals surface area contributed by atoms with Gasteiger partial charge in [-0.25, -0.2) is 8.42 Å². The lowest BCUT2D eigenvalue weighted by Gasteiger charge is -2.37. The summed E-state index contributed by atoms with van der Waals surface area (Å²) in [6.07, 6.45) is 2.05. The zero-order chi connectivity index (χ0) is 17.4. The minimum absolute atomic E-state index is 0. The van der Waals surface area contributed by atoms with Gasteiger partial charge in [0, 0.05) is 45.1 Å². The Bertz CT molecular complexity index is 747. The van der Waals surface area contributed by atoms with E-state index < -0.39 is 9.84 Å². The summed E-state index contributed by atoms with van der Waals surface area (Å²) in [5.74, 6) is 0.262. The van der Waals surface area contributed by atoms with E-state index in [1.807, 2.05) is 4.68 Å². The lowest BCUT2D eigenvalue weighted by molar-refractivity contribution is -0.134. The van der Waals surface area contributed by atoms with Crippen LogP contribution in [0, 0.1) is 0 Å². The van der Waals surface area contributed by atoms with E-state index in [0.717, 1.165) is 31.7 Å². The van der Waals surface area contributed by atoms with Gasteiger partial charge in [0.2, 0.25) is 5.91 Å². The summed E-state index contributed by atoms with van der Waals surface area (Å²) in [5, 5.41) is 11.2. The second-order valence-corrected chi connectivity index (χ2v) is 9.33. The SMILES string of the molecule is Cl.Cl.O=C(CCc1cc2n(n1)CCCNC2)N1CCN[C@H]2CS(=O)(=O)C[C@H]21. The van der Waals surface area contributed by atoms with Gasteiger partial charge < -0.3 is 15.5 Å². The third kappa shape index (κ3) is 4.95. The number of fused-ring (bicyclic) bond motifs is 2. The number of aromatic nitrogens is 2. The molecule has 11 heteroatoms. The maximum Gasteiger partial charge on any atom is 0.223 e. The minimum Gasteiger partial charge on any atom is -0.336 e. The van der Waals surface area contributed by atoms with E-state index in [0.29, 0.717) is 25.9 Å². The standard InChI is InChI=1S/C16H25N5O3S.2ClH/c22-16(20-7-5-18-14-10-25(23,24)11-15(14)20)3-2-12-8-13-9-17-4-1-6-21(13)19-12;;/h8,14-15,17-18H,1-7,9-11H2;2*1H/t14-,15+;;/m0../s1. The largest absolute Gasteiger partial charge is 0.336 e. The van der Waals surface area contributed by atoms with Gasteiger partial charge in [0.1, 0.15) is 0 Å². The van der Waals surface area contributed by atoms with E-state index in [4.69, 9.17) is 0 Å². The van der Waals surface area contributed by atoms with Crippen molar-refractivity contribution < 1.29 is 13.2 Å². The molecule has 0 spiro atoms. The fourth-order valence-electron chi connectivity index (χ4n) is 4.10. The molecule has 2 saturated heterocycles. The molecule has 8 nitrogen and oxygen atoms in total. The van der Waals surface area contributed by atoms with Crippen LogP contribution in [0.25, 0.3) is 0 Å². The molecule has 1 amide bonds. The van der Waals surface area contributed by atoms with Gasteiger partial charge in [-0.1, -0.05) is 0 Å². The Kier molecular flexibility index (Phi) is 7.54. The lowest BCUT2D eigenvalue weighted by atomic mass is 10.1. The highest BCUT2D eigenvalue weighted by atomic mass is 35.5. The number of piperazine rings is 1. The van der Waals surface area contributed by atoms with Gasteiger partial charge in [0.05, 0.1) is 28.9 Å². The number of rotatable bonds is 3. The molecule has 0 unspecified atom stereocenters. The van der Waals surface area contributed by atoms with E-state index in [2.05, 4.69) is 21.8 Å². The van der Waals surface area contributed by atoms with Crippen LogP contribution < -0.4 is 10.6 Å². The number of hydrogen-bond acceptors (Lipinski definition) is 6. The molecule has 0 radical (unpaired) electrons. The van der Waals surface area contributed by atoms with Gasteiger partial charge in [0.25, 0.3) is 0 Å². The van der Waals surface area contributed by atoms with Crippen molar-refractivity contribution >= 4 is 40.6 Å². The molecule has 27 heavy (non-hydrogen) atoms. The Morgan fingerprint density at radius 2 is 2.04 bits per heavy atom. The third-order valence-corrected chi connectivity index (χ3v) is 7.06. The van der Waals surface area contributed by atoms with Crippen molar-refractivity contribution in [3.8, 4) is 0 Å². The Labute approximate surface area is 172 Å². The van der Waals surface area contributed by atoms with Crippen molar-refractivity contribution in [2.24, 2.45) is 0 Å². The number of hydrogen-bond donors (Lipinski definition) is 2. The van der Waals surface area contributed by atoms with Crippen LogP contribution in [0.4, 0.5) is 0 Å². The Morgan fingerprint density at radius 1 is 1.22 bits per heavy atom. The number of nitrogens with one attached hydrogen (secondary N) is 2. The summed E-state index contributed by atoms with van der Waals surface area (Å²) >= 11 is 0.